The first-order chi connectivity index (χ1) is 11.5. The standard InChI is InChI=1S/C19H19ClN2O2/c1-14-3-2-4-16(11-14)13-22-10-9-21(18(23)19(22)24)12-15-5-7-17(20)8-6-15/h2-8,11H,9-10,12-13H2,1H3. The average Bonchev–Trinajstić information content (AvgIpc) is 2.56. The van der Waals surface area contributed by atoms with Gasteiger partial charge in [0.2, 0.25) is 0 Å². The number of amides is 2. The molecule has 1 heterocycles. The summed E-state index contributed by atoms with van der Waals surface area (Å²) in [5.74, 6) is -0.874. The van der Waals surface area contributed by atoms with Crippen molar-refractivity contribution in [1.82, 2.24) is 9.80 Å². The Hall–Kier alpha value is -2.33. The normalized spacial score (nSPS) is 15.1. The molecule has 0 aliphatic carbocycles. The van der Waals surface area contributed by atoms with Crippen LogP contribution >= 0.6 is 11.6 Å². The first kappa shape index (κ1) is 16.5. The van der Waals surface area contributed by atoms with Crippen molar-refractivity contribution in [3.05, 3.63) is 70.2 Å². The van der Waals surface area contributed by atoms with Crippen molar-refractivity contribution < 1.29 is 9.59 Å². The van der Waals surface area contributed by atoms with Crippen molar-refractivity contribution in [3.8, 4) is 0 Å². The fourth-order valence-electron chi connectivity index (χ4n) is 2.86. The number of hydrogen-bond donors (Lipinski definition) is 0. The molecule has 0 N–H and O–H groups in total. The van der Waals surface area contributed by atoms with Gasteiger partial charge in [-0.25, -0.2) is 0 Å². The molecule has 0 atom stereocenters. The summed E-state index contributed by atoms with van der Waals surface area (Å²) in [5, 5.41) is 0.657. The molecule has 24 heavy (non-hydrogen) atoms. The Bertz CT molecular complexity index is 758. The van der Waals surface area contributed by atoms with Gasteiger partial charge in [-0.1, -0.05) is 53.6 Å². The summed E-state index contributed by atoms with van der Waals surface area (Å²) in [7, 11) is 0. The Kier molecular flexibility index (Phi) is 4.86. The van der Waals surface area contributed by atoms with E-state index < -0.39 is 11.8 Å². The van der Waals surface area contributed by atoms with Gasteiger partial charge in [-0.2, -0.15) is 0 Å². The van der Waals surface area contributed by atoms with Crippen LogP contribution in [-0.2, 0) is 22.7 Å². The maximum absolute atomic E-state index is 12.4. The molecule has 0 saturated carbocycles. The van der Waals surface area contributed by atoms with E-state index in [9.17, 15) is 9.59 Å². The van der Waals surface area contributed by atoms with Gasteiger partial charge >= 0.3 is 11.8 Å². The van der Waals surface area contributed by atoms with E-state index in [2.05, 4.69) is 0 Å². The highest BCUT2D eigenvalue weighted by Gasteiger charge is 2.32. The SMILES string of the molecule is Cc1cccc(CN2CCN(Cc3ccc(Cl)cc3)C(=O)C2=O)c1. The molecule has 3 rings (SSSR count). The summed E-state index contributed by atoms with van der Waals surface area (Å²) in [4.78, 5) is 28.0. The highest BCUT2D eigenvalue weighted by Crippen LogP contribution is 2.16. The topological polar surface area (TPSA) is 40.6 Å². The van der Waals surface area contributed by atoms with Crippen LogP contribution in [0.5, 0.6) is 0 Å². The molecule has 0 bridgehead atoms. The van der Waals surface area contributed by atoms with Gasteiger partial charge in [-0.05, 0) is 30.2 Å². The van der Waals surface area contributed by atoms with Crippen molar-refractivity contribution in [2.24, 2.45) is 0 Å². The van der Waals surface area contributed by atoms with E-state index in [1.807, 2.05) is 43.3 Å². The van der Waals surface area contributed by atoms with E-state index in [-0.39, 0.29) is 0 Å². The molecule has 2 aromatic carbocycles. The van der Waals surface area contributed by atoms with E-state index in [4.69, 9.17) is 11.6 Å². The Labute approximate surface area is 146 Å². The summed E-state index contributed by atoms with van der Waals surface area (Å²) >= 11 is 5.87. The number of benzene rings is 2. The van der Waals surface area contributed by atoms with Crippen molar-refractivity contribution in [3.63, 3.8) is 0 Å². The molecule has 0 aromatic heterocycles. The number of rotatable bonds is 4. The van der Waals surface area contributed by atoms with Crippen LogP contribution in [0, 0.1) is 6.92 Å². The van der Waals surface area contributed by atoms with Crippen LogP contribution in [0.2, 0.25) is 5.02 Å². The minimum absolute atomic E-state index is 0.431. The molecule has 124 valence electrons. The van der Waals surface area contributed by atoms with Gasteiger partial charge in [0.1, 0.15) is 0 Å². The number of piperazine rings is 1. The lowest BCUT2D eigenvalue weighted by molar-refractivity contribution is -0.156. The summed E-state index contributed by atoms with van der Waals surface area (Å²) < 4.78 is 0. The zero-order valence-corrected chi connectivity index (χ0v) is 14.3. The Morgan fingerprint density at radius 1 is 0.875 bits per heavy atom. The third-order valence-corrected chi connectivity index (χ3v) is 4.39. The summed E-state index contributed by atoms with van der Waals surface area (Å²) in [5.41, 5.74) is 3.16. The number of carbonyl (C=O) groups is 2. The predicted octanol–water partition coefficient (Wildman–Crippen LogP) is 3.02. The molecule has 0 radical (unpaired) electrons. The molecule has 2 aromatic rings. The molecule has 0 spiro atoms. The molecule has 0 unspecified atom stereocenters. The van der Waals surface area contributed by atoms with E-state index in [0.717, 1.165) is 16.7 Å². The van der Waals surface area contributed by atoms with Crippen LogP contribution < -0.4 is 0 Å². The van der Waals surface area contributed by atoms with Gasteiger partial charge < -0.3 is 9.80 Å². The largest absolute Gasteiger partial charge is 0.328 e. The fraction of sp³-hybridized carbons (Fsp3) is 0.263. The highest BCUT2D eigenvalue weighted by molar-refractivity contribution is 6.35. The zero-order valence-electron chi connectivity index (χ0n) is 13.5. The molecule has 1 fully saturated rings. The van der Waals surface area contributed by atoms with Gasteiger partial charge in [0, 0.05) is 31.2 Å². The third kappa shape index (κ3) is 3.77. The first-order valence-corrected chi connectivity index (χ1v) is 8.29. The van der Waals surface area contributed by atoms with Gasteiger partial charge in [0.15, 0.2) is 0 Å². The van der Waals surface area contributed by atoms with Crippen LogP contribution in [0.15, 0.2) is 48.5 Å². The molecular formula is C19H19ClN2O2. The fourth-order valence-corrected chi connectivity index (χ4v) is 2.98. The Morgan fingerprint density at radius 2 is 1.46 bits per heavy atom. The minimum Gasteiger partial charge on any atom is -0.328 e. The van der Waals surface area contributed by atoms with E-state index >= 15 is 0 Å². The quantitative estimate of drug-likeness (QED) is 0.801. The number of hydrogen-bond acceptors (Lipinski definition) is 2. The predicted molar refractivity (Wildman–Crippen MR) is 93.5 cm³/mol. The van der Waals surface area contributed by atoms with Gasteiger partial charge in [-0.3, -0.25) is 9.59 Å². The second-order valence-electron chi connectivity index (χ2n) is 6.07. The van der Waals surface area contributed by atoms with Gasteiger partial charge in [-0.15, -0.1) is 0 Å². The molecular weight excluding hydrogens is 324 g/mol. The lowest BCUT2D eigenvalue weighted by Gasteiger charge is -2.34. The van der Waals surface area contributed by atoms with Crippen LogP contribution in [0.3, 0.4) is 0 Å². The van der Waals surface area contributed by atoms with Crippen molar-refractivity contribution in [2.45, 2.75) is 20.0 Å². The lowest BCUT2D eigenvalue weighted by atomic mass is 10.1. The maximum atomic E-state index is 12.4. The molecule has 1 saturated heterocycles. The second kappa shape index (κ2) is 7.05. The van der Waals surface area contributed by atoms with E-state index in [0.29, 0.717) is 31.2 Å². The summed E-state index contributed by atoms with van der Waals surface area (Å²) in [6.07, 6.45) is 0. The Balaban J connectivity index is 1.65. The number of aryl methyl sites for hydroxylation is 1. The number of carbonyl (C=O) groups excluding carboxylic acids is 2. The highest BCUT2D eigenvalue weighted by atomic mass is 35.5. The monoisotopic (exact) mass is 342 g/mol. The van der Waals surface area contributed by atoms with Crippen molar-refractivity contribution in [2.75, 3.05) is 13.1 Å². The maximum Gasteiger partial charge on any atom is 0.312 e. The summed E-state index contributed by atoms with van der Waals surface area (Å²) in [6, 6.07) is 15.3. The average molecular weight is 343 g/mol. The third-order valence-electron chi connectivity index (χ3n) is 4.14. The molecule has 1 aliphatic heterocycles. The van der Waals surface area contributed by atoms with Gasteiger partial charge in [0.25, 0.3) is 0 Å². The zero-order chi connectivity index (χ0) is 17.1. The molecule has 2 amide bonds. The minimum atomic E-state index is -0.441. The Morgan fingerprint density at radius 3 is 2.04 bits per heavy atom. The second-order valence-corrected chi connectivity index (χ2v) is 6.51. The van der Waals surface area contributed by atoms with E-state index in [1.54, 1.807) is 21.9 Å². The first-order valence-electron chi connectivity index (χ1n) is 7.91. The molecule has 4 nitrogen and oxygen atoms in total. The van der Waals surface area contributed by atoms with Crippen LogP contribution in [0.25, 0.3) is 0 Å². The number of halogens is 1. The van der Waals surface area contributed by atoms with Crippen molar-refractivity contribution >= 4 is 23.4 Å². The molecule has 5 heteroatoms. The lowest BCUT2D eigenvalue weighted by Crippen LogP contribution is -2.53. The van der Waals surface area contributed by atoms with Crippen molar-refractivity contribution in [1.29, 1.82) is 0 Å². The summed E-state index contributed by atoms with van der Waals surface area (Å²) in [6.45, 7) is 4.01. The van der Waals surface area contributed by atoms with Crippen LogP contribution in [0.4, 0.5) is 0 Å². The van der Waals surface area contributed by atoms with E-state index in [1.165, 1.54) is 0 Å². The van der Waals surface area contributed by atoms with Crippen LogP contribution in [-0.4, -0.2) is 34.7 Å². The smallest absolute Gasteiger partial charge is 0.312 e. The van der Waals surface area contributed by atoms with Gasteiger partial charge in [0.05, 0.1) is 0 Å². The molecule has 1 aliphatic rings. The van der Waals surface area contributed by atoms with Crippen LogP contribution in [0.1, 0.15) is 16.7 Å². The number of nitrogens with zero attached hydrogens (tertiary/aromatic N) is 2.